The van der Waals surface area contributed by atoms with Crippen LogP contribution in [-0.4, -0.2) is 52.9 Å². The summed E-state index contributed by atoms with van der Waals surface area (Å²) in [6.07, 6.45) is 4.84. The summed E-state index contributed by atoms with van der Waals surface area (Å²) in [5.41, 5.74) is 5.11. The summed E-state index contributed by atoms with van der Waals surface area (Å²) in [7, 11) is 4.11. The summed E-state index contributed by atoms with van der Waals surface area (Å²) >= 11 is 1.47. The number of rotatable bonds is 9. The van der Waals surface area contributed by atoms with E-state index in [0.717, 1.165) is 53.9 Å². The van der Waals surface area contributed by atoms with Gasteiger partial charge in [-0.15, -0.1) is 11.3 Å². The number of pyridine rings is 1. The van der Waals surface area contributed by atoms with E-state index in [1.165, 1.54) is 16.9 Å². The van der Waals surface area contributed by atoms with Crippen LogP contribution in [0.3, 0.4) is 0 Å². The van der Waals surface area contributed by atoms with E-state index in [1.807, 2.05) is 44.2 Å². The number of nitrogens with zero attached hydrogens (tertiary/aromatic N) is 3. The fourth-order valence-corrected chi connectivity index (χ4v) is 5.78. The number of amides is 2. The molecule has 0 bridgehead atoms. The second-order valence-electron chi connectivity index (χ2n) is 11.2. The molecule has 2 aromatic carbocycles. The molecule has 0 unspecified atom stereocenters. The first-order valence-corrected chi connectivity index (χ1v) is 15.1. The van der Waals surface area contributed by atoms with Gasteiger partial charge < -0.3 is 20.3 Å². The average Bonchev–Trinajstić information content (AvgIpc) is 3.41. The predicted octanol–water partition coefficient (Wildman–Crippen LogP) is 6.15. The van der Waals surface area contributed by atoms with Gasteiger partial charge in [0.1, 0.15) is 17.0 Å². The smallest absolute Gasteiger partial charge is 0.270 e. The molecule has 218 valence electrons. The number of carbonyl (C=O) groups is 2. The Morgan fingerprint density at radius 1 is 0.929 bits per heavy atom. The van der Waals surface area contributed by atoms with Gasteiger partial charge in [-0.25, -0.2) is 9.97 Å². The van der Waals surface area contributed by atoms with Crippen LogP contribution in [0.4, 0.5) is 0 Å². The van der Waals surface area contributed by atoms with Crippen molar-refractivity contribution in [3.63, 3.8) is 0 Å². The summed E-state index contributed by atoms with van der Waals surface area (Å²) in [6, 6.07) is 18.2. The SMILES string of the molecule is Cc1cnc(Oc2cccc(-c3ccc(CN(C)C)cc3)c2)c(C(=O)NC2CCC(NC(=O)c3csc(C)n3)CC2)c1. The maximum absolute atomic E-state index is 13.4. The van der Waals surface area contributed by atoms with Crippen molar-refractivity contribution >= 4 is 23.2 Å². The average molecular weight is 584 g/mol. The van der Waals surface area contributed by atoms with Crippen LogP contribution in [0.25, 0.3) is 11.1 Å². The van der Waals surface area contributed by atoms with Crippen molar-refractivity contribution < 1.29 is 14.3 Å². The van der Waals surface area contributed by atoms with E-state index in [9.17, 15) is 9.59 Å². The van der Waals surface area contributed by atoms with Gasteiger partial charge in [-0.1, -0.05) is 36.4 Å². The van der Waals surface area contributed by atoms with E-state index in [2.05, 4.69) is 63.9 Å². The van der Waals surface area contributed by atoms with Crippen molar-refractivity contribution in [2.75, 3.05) is 14.1 Å². The summed E-state index contributed by atoms with van der Waals surface area (Å²) in [6.45, 7) is 4.68. The van der Waals surface area contributed by atoms with Crippen molar-refractivity contribution in [2.45, 2.75) is 58.2 Å². The van der Waals surface area contributed by atoms with E-state index in [-0.39, 0.29) is 29.8 Å². The second kappa shape index (κ2) is 13.3. The van der Waals surface area contributed by atoms with Gasteiger partial charge >= 0.3 is 0 Å². The van der Waals surface area contributed by atoms with Gasteiger partial charge in [0.15, 0.2) is 0 Å². The highest BCUT2D eigenvalue weighted by Crippen LogP contribution is 2.29. The highest BCUT2D eigenvalue weighted by molar-refractivity contribution is 7.09. The lowest BCUT2D eigenvalue weighted by atomic mass is 9.91. The molecule has 1 aliphatic rings. The molecule has 1 fully saturated rings. The van der Waals surface area contributed by atoms with Gasteiger partial charge in [0.25, 0.3) is 11.8 Å². The third-order valence-corrected chi connectivity index (χ3v) is 8.09. The molecule has 2 aromatic heterocycles. The Kier molecular flexibility index (Phi) is 9.29. The molecule has 9 heteroatoms. The molecule has 2 amide bonds. The zero-order chi connectivity index (χ0) is 29.6. The Hall–Kier alpha value is -4.08. The van der Waals surface area contributed by atoms with Crippen molar-refractivity contribution in [3.8, 4) is 22.8 Å². The largest absolute Gasteiger partial charge is 0.438 e. The van der Waals surface area contributed by atoms with Crippen molar-refractivity contribution in [1.82, 2.24) is 25.5 Å². The Morgan fingerprint density at radius 2 is 1.62 bits per heavy atom. The number of thiazole rings is 1. The molecule has 0 atom stereocenters. The van der Waals surface area contributed by atoms with E-state index < -0.39 is 0 Å². The molecule has 1 aliphatic carbocycles. The van der Waals surface area contributed by atoms with Crippen LogP contribution in [0.5, 0.6) is 11.6 Å². The summed E-state index contributed by atoms with van der Waals surface area (Å²) < 4.78 is 6.19. The molecule has 5 rings (SSSR count). The lowest BCUT2D eigenvalue weighted by Gasteiger charge is -2.29. The number of nitrogens with one attached hydrogen (secondary N) is 2. The zero-order valence-corrected chi connectivity index (χ0v) is 25.3. The highest BCUT2D eigenvalue weighted by Gasteiger charge is 2.26. The molecule has 0 spiro atoms. The van der Waals surface area contributed by atoms with E-state index >= 15 is 0 Å². The van der Waals surface area contributed by atoms with Gasteiger partial charge in [-0.3, -0.25) is 9.59 Å². The van der Waals surface area contributed by atoms with Crippen molar-refractivity contribution in [1.29, 1.82) is 0 Å². The van der Waals surface area contributed by atoms with Crippen LogP contribution >= 0.6 is 11.3 Å². The van der Waals surface area contributed by atoms with Gasteiger partial charge in [0.05, 0.1) is 5.01 Å². The standard InChI is InChI=1S/C33H37N5O3S/c1-21-16-29(31(39)36-26-12-14-27(15-13-26)37-32(40)30-20-42-22(2)35-30)33(34-18-21)41-28-7-5-6-25(17-28)24-10-8-23(9-11-24)19-38(3)4/h5-11,16-18,20,26-27H,12-15,19H2,1-4H3,(H,36,39)(H,37,40). The Labute approximate surface area is 251 Å². The van der Waals surface area contributed by atoms with E-state index in [4.69, 9.17) is 4.74 Å². The Balaban J connectivity index is 1.21. The fraction of sp³-hybridized carbons (Fsp3) is 0.333. The first-order chi connectivity index (χ1) is 20.2. The van der Waals surface area contributed by atoms with Crippen molar-refractivity contribution in [3.05, 3.63) is 93.6 Å². The molecule has 0 aliphatic heterocycles. The summed E-state index contributed by atoms with van der Waals surface area (Å²) in [5, 5.41) is 8.91. The minimum absolute atomic E-state index is 0.0133. The summed E-state index contributed by atoms with van der Waals surface area (Å²) in [5.74, 6) is 0.544. The number of aromatic nitrogens is 2. The van der Waals surface area contributed by atoms with Crippen LogP contribution in [-0.2, 0) is 6.54 Å². The number of hydrogen-bond acceptors (Lipinski definition) is 7. The second-order valence-corrected chi connectivity index (χ2v) is 12.2. The maximum atomic E-state index is 13.4. The van der Waals surface area contributed by atoms with Crippen molar-refractivity contribution in [2.24, 2.45) is 0 Å². The highest BCUT2D eigenvalue weighted by atomic mass is 32.1. The van der Waals surface area contributed by atoms with Gasteiger partial charge in [-0.2, -0.15) is 0 Å². The molecule has 42 heavy (non-hydrogen) atoms. The normalized spacial score (nSPS) is 16.7. The molecule has 1 saturated carbocycles. The quantitative estimate of drug-likeness (QED) is 0.246. The first-order valence-electron chi connectivity index (χ1n) is 14.3. The molecule has 4 aromatic rings. The van der Waals surface area contributed by atoms with Crippen LogP contribution in [0, 0.1) is 13.8 Å². The first kappa shape index (κ1) is 29.4. The zero-order valence-electron chi connectivity index (χ0n) is 24.5. The minimum Gasteiger partial charge on any atom is -0.438 e. The van der Waals surface area contributed by atoms with Crippen LogP contribution in [0.2, 0.25) is 0 Å². The van der Waals surface area contributed by atoms with E-state index in [1.54, 1.807) is 11.6 Å². The Morgan fingerprint density at radius 3 is 2.26 bits per heavy atom. The lowest BCUT2D eigenvalue weighted by molar-refractivity contribution is 0.0888. The third kappa shape index (κ3) is 7.60. The molecule has 8 nitrogen and oxygen atoms in total. The fourth-order valence-electron chi connectivity index (χ4n) is 5.19. The number of ether oxygens (including phenoxy) is 1. The molecular formula is C33H37N5O3S. The van der Waals surface area contributed by atoms with Gasteiger partial charge in [0.2, 0.25) is 5.88 Å². The molecule has 2 N–H and O–H groups in total. The third-order valence-electron chi connectivity index (χ3n) is 7.32. The predicted molar refractivity (Wildman–Crippen MR) is 166 cm³/mol. The number of hydrogen-bond donors (Lipinski definition) is 2. The van der Waals surface area contributed by atoms with Gasteiger partial charge in [-0.05, 0) is 94.1 Å². The molecule has 0 saturated heterocycles. The van der Waals surface area contributed by atoms with Crippen LogP contribution in [0.1, 0.15) is 62.7 Å². The number of carbonyl (C=O) groups excluding carboxylic acids is 2. The van der Waals surface area contributed by atoms with Crippen LogP contribution < -0.4 is 15.4 Å². The monoisotopic (exact) mass is 583 g/mol. The van der Waals surface area contributed by atoms with Gasteiger partial charge in [0, 0.05) is 30.2 Å². The number of aryl methyl sites for hydroxylation is 2. The molecular weight excluding hydrogens is 546 g/mol. The lowest BCUT2D eigenvalue weighted by Crippen LogP contribution is -2.44. The molecule has 0 radical (unpaired) electrons. The Bertz CT molecular complexity index is 1540. The van der Waals surface area contributed by atoms with E-state index in [0.29, 0.717) is 17.0 Å². The molecule has 2 heterocycles. The minimum atomic E-state index is -0.209. The van der Waals surface area contributed by atoms with Crippen LogP contribution in [0.15, 0.2) is 66.2 Å². The maximum Gasteiger partial charge on any atom is 0.270 e. The topological polar surface area (TPSA) is 96.5 Å². The summed E-state index contributed by atoms with van der Waals surface area (Å²) in [4.78, 5) is 36.8. The number of benzene rings is 2.